The lowest BCUT2D eigenvalue weighted by molar-refractivity contribution is 0.146. The van der Waals surface area contributed by atoms with Crippen LogP contribution in [0.15, 0.2) is 0 Å². The minimum Gasteiger partial charge on any atom is -0.381 e. The molecule has 3 nitrogen and oxygen atoms in total. The second-order valence-corrected chi connectivity index (χ2v) is 5.52. The van der Waals surface area contributed by atoms with Crippen LogP contribution >= 0.6 is 30.8 Å². The standard InChI is InChI=1S/C8H18IO3P/c1-2-3-4-11-5-7-13(10)8-6-12-9/h13H,2-8H2,1H3. The third-order valence-electron chi connectivity index (χ3n) is 1.63. The molecule has 1 atom stereocenters. The van der Waals surface area contributed by atoms with Crippen LogP contribution in [-0.4, -0.2) is 32.1 Å². The van der Waals surface area contributed by atoms with Gasteiger partial charge in [0.15, 0.2) is 0 Å². The van der Waals surface area contributed by atoms with Crippen molar-refractivity contribution in [2.24, 2.45) is 0 Å². The van der Waals surface area contributed by atoms with Crippen LogP contribution in [0.4, 0.5) is 0 Å². The van der Waals surface area contributed by atoms with Crippen molar-refractivity contribution in [2.75, 3.05) is 32.1 Å². The molecular weight excluding hydrogens is 302 g/mol. The smallest absolute Gasteiger partial charge is 0.109 e. The average Bonchev–Trinajstić information content (AvgIpc) is 2.14. The summed E-state index contributed by atoms with van der Waals surface area (Å²) < 4.78 is 21.4. The Morgan fingerprint density at radius 1 is 1.23 bits per heavy atom. The maximum Gasteiger partial charge on any atom is 0.109 e. The summed E-state index contributed by atoms with van der Waals surface area (Å²) in [5.41, 5.74) is 0. The molecule has 0 saturated carbocycles. The fourth-order valence-electron chi connectivity index (χ4n) is 0.812. The molecule has 0 N–H and O–H groups in total. The zero-order valence-corrected chi connectivity index (χ0v) is 11.2. The van der Waals surface area contributed by atoms with Gasteiger partial charge in [0.05, 0.1) is 21.0 Å². The predicted molar refractivity (Wildman–Crippen MR) is 64.4 cm³/mol. The second kappa shape index (κ2) is 11.0. The van der Waals surface area contributed by atoms with Crippen molar-refractivity contribution in [1.82, 2.24) is 0 Å². The molecule has 0 amide bonds. The van der Waals surface area contributed by atoms with Crippen molar-refractivity contribution in [3.05, 3.63) is 0 Å². The van der Waals surface area contributed by atoms with Gasteiger partial charge >= 0.3 is 0 Å². The molecule has 80 valence electrons. The second-order valence-electron chi connectivity index (χ2n) is 2.82. The molecule has 0 aliphatic rings. The Kier molecular flexibility index (Phi) is 11.7. The summed E-state index contributed by atoms with van der Waals surface area (Å²) >= 11 is 1.82. The Morgan fingerprint density at radius 2 is 1.92 bits per heavy atom. The highest BCUT2D eigenvalue weighted by Gasteiger charge is 1.99. The van der Waals surface area contributed by atoms with Gasteiger partial charge in [-0.2, -0.15) is 0 Å². The molecule has 0 aromatic carbocycles. The Morgan fingerprint density at radius 3 is 2.54 bits per heavy atom. The van der Waals surface area contributed by atoms with Gasteiger partial charge in [0.25, 0.3) is 0 Å². The summed E-state index contributed by atoms with van der Waals surface area (Å²) in [6, 6.07) is 0. The highest BCUT2D eigenvalue weighted by atomic mass is 127. The minimum atomic E-state index is -1.44. The fourth-order valence-corrected chi connectivity index (χ4v) is 2.40. The number of ether oxygens (including phenoxy) is 1. The lowest BCUT2D eigenvalue weighted by atomic mass is 10.4. The SMILES string of the molecule is CCCCOCC[PH](=O)CCOI. The first-order valence-corrected chi connectivity index (χ1v) is 7.34. The van der Waals surface area contributed by atoms with Crippen molar-refractivity contribution < 1.29 is 12.4 Å². The Bertz CT molecular complexity index is 133. The molecule has 0 bridgehead atoms. The van der Waals surface area contributed by atoms with E-state index in [0.29, 0.717) is 25.5 Å². The first-order valence-electron chi connectivity index (χ1n) is 4.64. The van der Waals surface area contributed by atoms with Gasteiger partial charge in [0, 0.05) is 18.9 Å². The molecule has 0 rings (SSSR count). The summed E-state index contributed by atoms with van der Waals surface area (Å²) in [6.07, 6.45) is 3.63. The molecule has 0 aliphatic carbocycles. The highest BCUT2D eigenvalue weighted by molar-refractivity contribution is 14.1. The van der Waals surface area contributed by atoms with E-state index in [1.165, 1.54) is 0 Å². The summed E-state index contributed by atoms with van der Waals surface area (Å²) in [6.45, 7) is 4.16. The van der Waals surface area contributed by atoms with E-state index in [2.05, 4.69) is 6.92 Å². The third kappa shape index (κ3) is 10.8. The highest BCUT2D eigenvalue weighted by Crippen LogP contribution is 2.19. The van der Waals surface area contributed by atoms with Crippen molar-refractivity contribution in [3.63, 3.8) is 0 Å². The number of hydrogen-bond donors (Lipinski definition) is 0. The van der Waals surface area contributed by atoms with Gasteiger partial charge in [-0.15, -0.1) is 0 Å². The number of unbranched alkanes of at least 4 members (excludes halogenated alkanes) is 1. The number of halogens is 1. The van der Waals surface area contributed by atoms with E-state index in [0.717, 1.165) is 19.4 Å². The van der Waals surface area contributed by atoms with Gasteiger partial charge in [-0.3, -0.25) is 0 Å². The van der Waals surface area contributed by atoms with Gasteiger partial charge in [-0.05, 0) is 6.42 Å². The van der Waals surface area contributed by atoms with E-state index < -0.39 is 7.80 Å². The summed E-state index contributed by atoms with van der Waals surface area (Å²) in [5.74, 6) is 0. The van der Waals surface area contributed by atoms with Crippen molar-refractivity contribution in [3.8, 4) is 0 Å². The van der Waals surface area contributed by atoms with Gasteiger partial charge in [0.2, 0.25) is 0 Å². The molecule has 0 aliphatic heterocycles. The summed E-state index contributed by atoms with van der Waals surface area (Å²) in [4.78, 5) is 0. The largest absolute Gasteiger partial charge is 0.381 e. The lowest BCUT2D eigenvalue weighted by Gasteiger charge is -2.02. The van der Waals surface area contributed by atoms with E-state index in [-0.39, 0.29) is 0 Å². The van der Waals surface area contributed by atoms with Gasteiger partial charge in [0.1, 0.15) is 23.0 Å². The van der Waals surface area contributed by atoms with Gasteiger partial charge in [-0.25, -0.2) is 0 Å². The maximum atomic E-state index is 11.3. The normalized spacial score (nSPS) is 13.1. The van der Waals surface area contributed by atoms with E-state index >= 15 is 0 Å². The monoisotopic (exact) mass is 320 g/mol. The molecule has 5 heteroatoms. The summed E-state index contributed by atoms with van der Waals surface area (Å²) in [5, 5.41) is 0. The zero-order valence-electron chi connectivity index (χ0n) is 8.05. The van der Waals surface area contributed by atoms with Crippen LogP contribution in [0.1, 0.15) is 19.8 Å². The predicted octanol–water partition coefficient (Wildman–Crippen LogP) is 2.73. The molecule has 13 heavy (non-hydrogen) atoms. The average molecular weight is 320 g/mol. The van der Waals surface area contributed by atoms with Crippen LogP contribution in [0.25, 0.3) is 0 Å². The molecule has 0 radical (unpaired) electrons. The molecule has 1 unspecified atom stereocenters. The van der Waals surface area contributed by atoms with E-state index in [4.69, 9.17) is 7.80 Å². The zero-order chi connectivity index (χ0) is 9.94. The van der Waals surface area contributed by atoms with Crippen molar-refractivity contribution in [1.29, 1.82) is 0 Å². The topological polar surface area (TPSA) is 35.5 Å². The van der Waals surface area contributed by atoms with E-state index in [1.807, 2.05) is 23.0 Å². The maximum absolute atomic E-state index is 11.3. The van der Waals surface area contributed by atoms with Gasteiger partial charge < -0.3 is 12.4 Å². The molecule has 0 fully saturated rings. The first-order chi connectivity index (χ1) is 6.31. The van der Waals surface area contributed by atoms with E-state index in [9.17, 15) is 4.57 Å². The molecule has 0 saturated heterocycles. The van der Waals surface area contributed by atoms with Crippen molar-refractivity contribution in [2.45, 2.75) is 19.8 Å². The molecule has 0 aromatic heterocycles. The third-order valence-corrected chi connectivity index (χ3v) is 3.59. The molecule has 0 aromatic rings. The Balaban J connectivity index is 3.08. The van der Waals surface area contributed by atoms with Crippen LogP contribution in [0.3, 0.4) is 0 Å². The van der Waals surface area contributed by atoms with Crippen LogP contribution < -0.4 is 0 Å². The van der Waals surface area contributed by atoms with Crippen LogP contribution in [0, 0.1) is 0 Å². The molecule has 0 heterocycles. The number of rotatable bonds is 9. The van der Waals surface area contributed by atoms with Crippen LogP contribution in [0.5, 0.6) is 0 Å². The Labute approximate surface area is 95.0 Å². The quantitative estimate of drug-likeness (QED) is 0.372. The van der Waals surface area contributed by atoms with Crippen LogP contribution in [0.2, 0.25) is 0 Å². The summed E-state index contributed by atoms with van der Waals surface area (Å²) in [7, 11) is -1.44. The van der Waals surface area contributed by atoms with E-state index in [1.54, 1.807) is 0 Å². The van der Waals surface area contributed by atoms with Gasteiger partial charge in [-0.1, -0.05) is 13.3 Å². The van der Waals surface area contributed by atoms with Crippen LogP contribution in [-0.2, 0) is 12.4 Å². The molecule has 0 spiro atoms. The lowest BCUT2D eigenvalue weighted by Crippen LogP contribution is -2.00. The number of hydrogen-bond acceptors (Lipinski definition) is 3. The Hall–Kier alpha value is 0.880. The minimum absolute atomic E-state index is 0.591. The van der Waals surface area contributed by atoms with Crippen molar-refractivity contribution >= 4 is 30.8 Å². The fraction of sp³-hybridized carbons (Fsp3) is 1.00. The molecular formula is C8H18IO3P. The first kappa shape index (κ1) is 13.9.